The Morgan fingerprint density at radius 2 is 2.00 bits per heavy atom. The molecule has 0 bridgehead atoms. The molecule has 2 rings (SSSR count). The summed E-state index contributed by atoms with van der Waals surface area (Å²) in [5.41, 5.74) is 8.65. The predicted molar refractivity (Wildman–Crippen MR) is 81.0 cm³/mol. The summed E-state index contributed by atoms with van der Waals surface area (Å²) in [7, 11) is 0. The zero-order valence-corrected chi connectivity index (χ0v) is 12.3. The van der Waals surface area contributed by atoms with Crippen molar-refractivity contribution in [1.82, 2.24) is 10.3 Å². The van der Waals surface area contributed by atoms with Gasteiger partial charge in [0.1, 0.15) is 5.82 Å². The Morgan fingerprint density at radius 1 is 1.32 bits per heavy atom. The second-order valence-corrected chi connectivity index (χ2v) is 5.71. The van der Waals surface area contributed by atoms with Gasteiger partial charge in [-0.2, -0.15) is 0 Å². The summed E-state index contributed by atoms with van der Waals surface area (Å²) >= 11 is 0. The highest BCUT2D eigenvalue weighted by Gasteiger charge is 2.26. The molecule has 3 heteroatoms. The van der Waals surface area contributed by atoms with Gasteiger partial charge in [0, 0.05) is 17.8 Å². The smallest absolute Gasteiger partial charge is 0.128 e. The number of rotatable bonds is 4. The van der Waals surface area contributed by atoms with Gasteiger partial charge in [0.2, 0.25) is 0 Å². The van der Waals surface area contributed by atoms with E-state index in [2.05, 4.69) is 30.2 Å². The topological polar surface area (TPSA) is 50.9 Å². The van der Waals surface area contributed by atoms with E-state index in [-0.39, 0.29) is 0 Å². The van der Waals surface area contributed by atoms with E-state index < -0.39 is 0 Å². The second-order valence-electron chi connectivity index (χ2n) is 5.71. The number of anilines is 1. The molecule has 1 aromatic rings. The van der Waals surface area contributed by atoms with E-state index in [0.717, 1.165) is 6.54 Å². The minimum Gasteiger partial charge on any atom is -0.383 e. The van der Waals surface area contributed by atoms with E-state index in [0.29, 0.717) is 17.8 Å². The molecule has 3 N–H and O–H groups in total. The molecule has 1 aliphatic rings. The molecule has 0 amide bonds. The molecule has 1 saturated carbocycles. The van der Waals surface area contributed by atoms with Crippen molar-refractivity contribution in [1.29, 1.82) is 0 Å². The molecule has 1 fully saturated rings. The van der Waals surface area contributed by atoms with Crippen LogP contribution in [0.2, 0.25) is 0 Å². The van der Waals surface area contributed by atoms with Gasteiger partial charge in [-0.05, 0) is 43.9 Å². The maximum atomic E-state index is 6.15. The molecule has 0 spiro atoms. The summed E-state index contributed by atoms with van der Waals surface area (Å²) in [4.78, 5) is 4.30. The Bertz CT molecular complexity index is 375. The molecule has 1 unspecified atom stereocenters. The third-order valence-electron chi connectivity index (χ3n) is 4.35. The molecule has 3 nitrogen and oxygen atoms in total. The molecule has 0 aliphatic heterocycles. The fourth-order valence-corrected chi connectivity index (χ4v) is 3.36. The van der Waals surface area contributed by atoms with Crippen molar-refractivity contribution < 1.29 is 0 Å². The Hall–Kier alpha value is -1.09. The Morgan fingerprint density at radius 3 is 2.58 bits per heavy atom. The lowest BCUT2D eigenvalue weighted by Gasteiger charge is -2.29. The van der Waals surface area contributed by atoms with Gasteiger partial charge >= 0.3 is 0 Å². The van der Waals surface area contributed by atoms with Crippen LogP contribution in [0.15, 0.2) is 12.3 Å². The van der Waals surface area contributed by atoms with Gasteiger partial charge in [-0.1, -0.05) is 32.6 Å². The number of nitrogens with two attached hydrogens (primary N) is 1. The fourth-order valence-electron chi connectivity index (χ4n) is 3.36. The van der Waals surface area contributed by atoms with Gasteiger partial charge in [0.05, 0.1) is 0 Å². The third kappa shape index (κ3) is 3.47. The Balaban J connectivity index is 2.27. The Kier molecular flexibility index (Phi) is 5.20. The normalized spacial score (nSPS) is 19.1. The van der Waals surface area contributed by atoms with Crippen LogP contribution in [0.3, 0.4) is 0 Å². The lowest BCUT2D eigenvalue weighted by atomic mass is 9.85. The average Bonchev–Trinajstić information content (AvgIpc) is 2.66. The minimum absolute atomic E-state index is 0.372. The van der Waals surface area contributed by atoms with Crippen LogP contribution in [0.4, 0.5) is 5.82 Å². The first-order valence-corrected chi connectivity index (χ1v) is 7.68. The van der Waals surface area contributed by atoms with Crippen LogP contribution >= 0.6 is 0 Å². The highest BCUT2D eigenvalue weighted by atomic mass is 14.9. The van der Waals surface area contributed by atoms with Gasteiger partial charge in [0.15, 0.2) is 0 Å². The SMILES string of the molecule is CCNC(c1c(C)ccnc1N)C1CCCCCC1. The second kappa shape index (κ2) is 6.90. The maximum absolute atomic E-state index is 6.15. The highest BCUT2D eigenvalue weighted by molar-refractivity contribution is 5.46. The van der Waals surface area contributed by atoms with E-state index in [4.69, 9.17) is 5.73 Å². The van der Waals surface area contributed by atoms with Gasteiger partial charge in [-0.3, -0.25) is 0 Å². The quantitative estimate of drug-likeness (QED) is 0.814. The molecule has 0 radical (unpaired) electrons. The molecule has 0 aromatic carbocycles. The van der Waals surface area contributed by atoms with Crippen molar-refractivity contribution in [2.45, 2.75) is 58.4 Å². The number of nitrogens with zero attached hydrogens (tertiary/aromatic N) is 1. The van der Waals surface area contributed by atoms with Crippen molar-refractivity contribution in [3.8, 4) is 0 Å². The molecule has 19 heavy (non-hydrogen) atoms. The van der Waals surface area contributed by atoms with E-state index in [1.165, 1.54) is 49.7 Å². The van der Waals surface area contributed by atoms with Crippen molar-refractivity contribution in [3.05, 3.63) is 23.4 Å². The summed E-state index contributed by atoms with van der Waals surface area (Å²) in [6.07, 6.45) is 9.91. The molecular formula is C16H27N3. The van der Waals surface area contributed by atoms with Crippen molar-refractivity contribution in [2.75, 3.05) is 12.3 Å². The summed E-state index contributed by atoms with van der Waals surface area (Å²) in [5, 5.41) is 3.66. The largest absolute Gasteiger partial charge is 0.383 e. The molecule has 1 aliphatic carbocycles. The lowest BCUT2D eigenvalue weighted by molar-refractivity contribution is 0.329. The monoisotopic (exact) mass is 261 g/mol. The maximum Gasteiger partial charge on any atom is 0.128 e. The van der Waals surface area contributed by atoms with Crippen molar-refractivity contribution >= 4 is 5.82 Å². The zero-order chi connectivity index (χ0) is 13.7. The molecule has 1 atom stereocenters. The first kappa shape index (κ1) is 14.3. The number of hydrogen-bond donors (Lipinski definition) is 2. The van der Waals surface area contributed by atoms with Gasteiger partial charge in [-0.25, -0.2) is 4.98 Å². The van der Waals surface area contributed by atoms with Crippen LogP contribution in [0, 0.1) is 12.8 Å². The summed E-state index contributed by atoms with van der Waals surface area (Å²) < 4.78 is 0. The number of nitrogen functional groups attached to an aromatic ring is 1. The van der Waals surface area contributed by atoms with Crippen LogP contribution in [0.25, 0.3) is 0 Å². The van der Waals surface area contributed by atoms with Crippen LogP contribution in [0.5, 0.6) is 0 Å². The third-order valence-corrected chi connectivity index (χ3v) is 4.35. The molecular weight excluding hydrogens is 234 g/mol. The van der Waals surface area contributed by atoms with E-state index >= 15 is 0 Å². The average molecular weight is 261 g/mol. The summed E-state index contributed by atoms with van der Waals surface area (Å²) in [5.74, 6) is 1.41. The van der Waals surface area contributed by atoms with E-state index in [9.17, 15) is 0 Å². The first-order chi connectivity index (χ1) is 9.24. The molecule has 0 saturated heterocycles. The minimum atomic E-state index is 0.372. The molecule has 1 aromatic heterocycles. The summed E-state index contributed by atoms with van der Waals surface area (Å²) in [6.45, 7) is 5.30. The molecule has 1 heterocycles. The highest BCUT2D eigenvalue weighted by Crippen LogP contribution is 2.36. The van der Waals surface area contributed by atoms with Gasteiger partial charge in [-0.15, -0.1) is 0 Å². The van der Waals surface area contributed by atoms with Crippen LogP contribution in [-0.2, 0) is 0 Å². The van der Waals surface area contributed by atoms with Crippen molar-refractivity contribution in [2.24, 2.45) is 5.92 Å². The number of pyridine rings is 1. The van der Waals surface area contributed by atoms with Crippen LogP contribution in [0.1, 0.15) is 62.6 Å². The van der Waals surface area contributed by atoms with Crippen molar-refractivity contribution in [3.63, 3.8) is 0 Å². The summed E-state index contributed by atoms with van der Waals surface area (Å²) in [6, 6.07) is 2.45. The number of nitrogens with one attached hydrogen (secondary N) is 1. The van der Waals surface area contributed by atoms with E-state index in [1.807, 2.05) is 6.20 Å². The van der Waals surface area contributed by atoms with Crippen LogP contribution < -0.4 is 11.1 Å². The number of aromatic nitrogens is 1. The number of aryl methyl sites for hydroxylation is 1. The Labute approximate surface area is 117 Å². The predicted octanol–water partition coefficient (Wildman–Crippen LogP) is 3.59. The first-order valence-electron chi connectivity index (χ1n) is 7.68. The van der Waals surface area contributed by atoms with Crippen LogP contribution in [-0.4, -0.2) is 11.5 Å². The standard InChI is InChI=1S/C16H27N3/c1-3-18-15(13-8-6-4-5-7-9-13)14-12(2)10-11-19-16(14)17/h10-11,13,15,18H,3-9H2,1-2H3,(H2,17,19). The van der Waals surface area contributed by atoms with Gasteiger partial charge in [0.25, 0.3) is 0 Å². The van der Waals surface area contributed by atoms with Gasteiger partial charge < -0.3 is 11.1 Å². The lowest BCUT2D eigenvalue weighted by Crippen LogP contribution is -2.29. The molecule has 106 valence electrons. The number of hydrogen-bond acceptors (Lipinski definition) is 3. The fraction of sp³-hybridized carbons (Fsp3) is 0.688. The van der Waals surface area contributed by atoms with E-state index in [1.54, 1.807) is 0 Å². The zero-order valence-electron chi connectivity index (χ0n) is 12.3.